The lowest BCUT2D eigenvalue weighted by Crippen LogP contribution is -2.40. The molecule has 0 aliphatic carbocycles. The summed E-state index contributed by atoms with van der Waals surface area (Å²) in [5.41, 5.74) is 4.31. The molecular formula is C21H25N5O3. The highest BCUT2D eigenvalue weighted by Gasteiger charge is 2.21. The molecular weight excluding hydrogens is 370 g/mol. The second-order valence-corrected chi connectivity index (χ2v) is 7.27. The van der Waals surface area contributed by atoms with Crippen LogP contribution in [-0.4, -0.2) is 36.3 Å². The molecule has 0 saturated heterocycles. The van der Waals surface area contributed by atoms with E-state index in [4.69, 9.17) is 4.74 Å². The summed E-state index contributed by atoms with van der Waals surface area (Å²) in [7, 11) is 1.64. The molecule has 0 aliphatic rings. The van der Waals surface area contributed by atoms with Crippen LogP contribution in [0.15, 0.2) is 34.0 Å². The minimum absolute atomic E-state index is 0.208. The van der Waals surface area contributed by atoms with Crippen LogP contribution < -0.4 is 11.2 Å². The van der Waals surface area contributed by atoms with Crippen LogP contribution in [-0.2, 0) is 18.3 Å². The van der Waals surface area contributed by atoms with Crippen molar-refractivity contribution in [1.29, 1.82) is 0 Å². The fraction of sp³-hybridized carbons (Fsp3) is 0.381. The van der Waals surface area contributed by atoms with E-state index in [1.807, 2.05) is 36.7 Å². The number of aryl methyl sites for hydroxylation is 3. The molecule has 0 bridgehead atoms. The van der Waals surface area contributed by atoms with Crippen molar-refractivity contribution in [2.75, 3.05) is 13.2 Å². The van der Waals surface area contributed by atoms with Crippen LogP contribution >= 0.6 is 0 Å². The van der Waals surface area contributed by atoms with Crippen LogP contribution in [0.4, 0.5) is 0 Å². The molecule has 0 atom stereocenters. The summed E-state index contributed by atoms with van der Waals surface area (Å²) >= 11 is 0. The van der Waals surface area contributed by atoms with Gasteiger partial charge in [0.2, 0.25) is 5.78 Å². The Bertz CT molecular complexity index is 1350. The molecule has 0 amide bonds. The summed E-state index contributed by atoms with van der Waals surface area (Å²) in [6, 6.07) is 6.11. The van der Waals surface area contributed by atoms with Crippen LogP contribution in [0.5, 0.6) is 0 Å². The Kier molecular flexibility index (Phi) is 4.66. The van der Waals surface area contributed by atoms with Gasteiger partial charge in [0.15, 0.2) is 11.2 Å². The van der Waals surface area contributed by atoms with Crippen molar-refractivity contribution >= 4 is 16.9 Å². The van der Waals surface area contributed by atoms with Crippen LogP contribution in [0.2, 0.25) is 0 Å². The number of ether oxygens (including phenoxy) is 1. The largest absolute Gasteiger partial charge is 0.380 e. The van der Waals surface area contributed by atoms with Crippen LogP contribution in [0.3, 0.4) is 0 Å². The van der Waals surface area contributed by atoms with Gasteiger partial charge in [-0.15, -0.1) is 0 Å². The summed E-state index contributed by atoms with van der Waals surface area (Å²) in [4.78, 5) is 30.6. The first-order valence-electron chi connectivity index (χ1n) is 9.71. The van der Waals surface area contributed by atoms with Crippen molar-refractivity contribution in [3.63, 3.8) is 0 Å². The maximum absolute atomic E-state index is 13.2. The Balaban J connectivity index is 2.05. The Morgan fingerprint density at radius 3 is 2.62 bits per heavy atom. The summed E-state index contributed by atoms with van der Waals surface area (Å²) in [6.07, 6.45) is 1.89. The van der Waals surface area contributed by atoms with E-state index in [1.54, 1.807) is 11.4 Å². The Labute approximate surface area is 167 Å². The molecule has 4 aromatic rings. The molecule has 3 aromatic heterocycles. The molecule has 0 spiro atoms. The van der Waals surface area contributed by atoms with E-state index in [1.165, 1.54) is 14.7 Å². The standard InChI is InChI=1S/C21H25N5O3/c1-6-29-11-10-24-19(27)17-18(23(5)21(24)28)22-20-25(17)12-14(3)26(20)16-9-7-8-13(2)15(16)4/h7-9,12H,6,10-11H2,1-5H3. The van der Waals surface area contributed by atoms with Crippen molar-refractivity contribution in [2.24, 2.45) is 7.05 Å². The second-order valence-electron chi connectivity index (χ2n) is 7.27. The molecule has 0 N–H and O–H groups in total. The number of fused-ring (bicyclic) bond motifs is 3. The van der Waals surface area contributed by atoms with Gasteiger partial charge in [-0.1, -0.05) is 12.1 Å². The molecule has 4 rings (SSSR count). The third-order valence-electron chi connectivity index (χ3n) is 5.51. The molecule has 152 valence electrons. The van der Waals surface area contributed by atoms with E-state index >= 15 is 0 Å². The molecule has 0 radical (unpaired) electrons. The summed E-state index contributed by atoms with van der Waals surface area (Å²) < 4.78 is 11.8. The molecule has 0 unspecified atom stereocenters. The minimum atomic E-state index is -0.391. The first kappa shape index (κ1) is 19.2. The molecule has 0 saturated carbocycles. The third-order valence-corrected chi connectivity index (χ3v) is 5.51. The lowest BCUT2D eigenvalue weighted by Gasteiger charge is -2.11. The first-order chi connectivity index (χ1) is 13.9. The molecule has 8 nitrogen and oxygen atoms in total. The van der Waals surface area contributed by atoms with Gasteiger partial charge in [0.1, 0.15) is 0 Å². The molecule has 3 heterocycles. The molecule has 0 fully saturated rings. The van der Waals surface area contributed by atoms with Gasteiger partial charge in [-0.2, -0.15) is 4.98 Å². The third kappa shape index (κ3) is 2.82. The van der Waals surface area contributed by atoms with Crippen molar-refractivity contribution < 1.29 is 4.74 Å². The lowest BCUT2D eigenvalue weighted by molar-refractivity contribution is 0.137. The maximum Gasteiger partial charge on any atom is 0.332 e. The quantitative estimate of drug-likeness (QED) is 0.485. The second kappa shape index (κ2) is 7.04. The zero-order valence-electron chi connectivity index (χ0n) is 17.4. The van der Waals surface area contributed by atoms with Crippen molar-refractivity contribution in [3.05, 3.63) is 62.1 Å². The maximum atomic E-state index is 13.2. The van der Waals surface area contributed by atoms with Gasteiger partial charge in [-0.25, -0.2) is 4.79 Å². The van der Waals surface area contributed by atoms with Gasteiger partial charge in [0, 0.05) is 25.5 Å². The van der Waals surface area contributed by atoms with E-state index in [-0.39, 0.29) is 12.1 Å². The number of hydrogen-bond acceptors (Lipinski definition) is 4. The van der Waals surface area contributed by atoms with E-state index in [0.29, 0.717) is 30.2 Å². The topological polar surface area (TPSA) is 75.5 Å². The number of hydrogen-bond donors (Lipinski definition) is 0. The van der Waals surface area contributed by atoms with Crippen molar-refractivity contribution in [1.82, 2.24) is 23.1 Å². The summed E-state index contributed by atoms with van der Waals surface area (Å²) in [5, 5.41) is 0. The number of nitrogens with zero attached hydrogens (tertiary/aromatic N) is 5. The van der Waals surface area contributed by atoms with E-state index in [9.17, 15) is 9.59 Å². The summed E-state index contributed by atoms with van der Waals surface area (Å²) in [5.74, 6) is 0.612. The molecule has 1 aromatic carbocycles. The van der Waals surface area contributed by atoms with Gasteiger partial charge in [0.05, 0.1) is 18.8 Å². The molecule has 29 heavy (non-hydrogen) atoms. The number of rotatable bonds is 5. The summed E-state index contributed by atoms with van der Waals surface area (Å²) in [6.45, 7) is 9.05. The number of benzene rings is 1. The first-order valence-corrected chi connectivity index (χ1v) is 9.71. The van der Waals surface area contributed by atoms with Crippen molar-refractivity contribution in [2.45, 2.75) is 34.2 Å². The van der Waals surface area contributed by atoms with E-state index in [2.05, 4.69) is 24.9 Å². The van der Waals surface area contributed by atoms with E-state index in [0.717, 1.165) is 16.9 Å². The lowest BCUT2D eigenvalue weighted by atomic mass is 10.1. The van der Waals surface area contributed by atoms with Gasteiger partial charge in [-0.3, -0.25) is 22.9 Å². The Morgan fingerprint density at radius 2 is 1.90 bits per heavy atom. The van der Waals surface area contributed by atoms with E-state index < -0.39 is 5.69 Å². The van der Waals surface area contributed by atoms with Gasteiger partial charge in [-0.05, 0) is 44.9 Å². The zero-order valence-corrected chi connectivity index (χ0v) is 17.4. The average molecular weight is 395 g/mol. The van der Waals surface area contributed by atoms with Crippen molar-refractivity contribution in [3.8, 4) is 5.69 Å². The smallest absolute Gasteiger partial charge is 0.332 e. The van der Waals surface area contributed by atoms with Crippen LogP contribution in [0.1, 0.15) is 23.7 Å². The fourth-order valence-electron chi connectivity index (χ4n) is 3.78. The normalized spacial score (nSPS) is 11.8. The zero-order chi connectivity index (χ0) is 20.9. The van der Waals surface area contributed by atoms with Gasteiger partial charge >= 0.3 is 5.69 Å². The monoisotopic (exact) mass is 395 g/mol. The Hall–Kier alpha value is -3.13. The number of aromatic nitrogens is 5. The highest BCUT2D eigenvalue weighted by molar-refractivity contribution is 5.76. The van der Waals surface area contributed by atoms with Gasteiger partial charge in [0.25, 0.3) is 5.56 Å². The highest BCUT2D eigenvalue weighted by atomic mass is 16.5. The Morgan fingerprint density at radius 1 is 1.14 bits per heavy atom. The minimum Gasteiger partial charge on any atom is -0.380 e. The fourth-order valence-corrected chi connectivity index (χ4v) is 3.78. The van der Waals surface area contributed by atoms with Gasteiger partial charge < -0.3 is 4.74 Å². The molecule has 8 heteroatoms. The van der Waals surface area contributed by atoms with Crippen LogP contribution in [0, 0.1) is 20.8 Å². The SMILES string of the molecule is CCOCCn1c(=O)c2c(nc3n(-c4cccc(C)c4C)c(C)cn23)n(C)c1=O. The predicted molar refractivity (Wildman–Crippen MR) is 112 cm³/mol. The molecule has 0 aliphatic heterocycles. The highest BCUT2D eigenvalue weighted by Crippen LogP contribution is 2.24. The average Bonchev–Trinajstić information content (AvgIpc) is 3.20. The van der Waals surface area contributed by atoms with Crippen LogP contribution in [0.25, 0.3) is 22.6 Å². The number of imidazole rings is 2. The predicted octanol–water partition coefficient (Wildman–Crippen LogP) is 2.10.